The van der Waals surface area contributed by atoms with Crippen molar-refractivity contribution in [3.8, 4) is 0 Å². The van der Waals surface area contributed by atoms with E-state index < -0.39 is 21.9 Å². The number of esters is 1. The van der Waals surface area contributed by atoms with E-state index in [0.29, 0.717) is 16.9 Å². The van der Waals surface area contributed by atoms with Gasteiger partial charge in [0.05, 0.1) is 29.1 Å². The number of ether oxygens (including phenoxy) is 1. The summed E-state index contributed by atoms with van der Waals surface area (Å²) in [6, 6.07) is 9.09. The first kappa shape index (κ1) is 20.7. The number of hydrogen-bond donors (Lipinski definition) is 2. The molecule has 0 fully saturated rings. The van der Waals surface area contributed by atoms with E-state index in [1.165, 1.54) is 18.2 Å². The number of benzene rings is 2. The minimum atomic E-state index is -3.47. The van der Waals surface area contributed by atoms with Crippen molar-refractivity contribution < 1.29 is 22.7 Å². The second-order valence-electron chi connectivity index (χ2n) is 5.77. The van der Waals surface area contributed by atoms with Gasteiger partial charge in [-0.25, -0.2) is 13.2 Å². The number of carbonyl (C=O) groups excluding carboxylic acids is 2. The van der Waals surface area contributed by atoms with Gasteiger partial charge in [-0.05, 0) is 49.7 Å². The largest absolute Gasteiger partial charge is 0.462 e. The van der Waals surface area contributed by atoms with Crippen LogP contribution in [0.5, 0.6) is 0 Å². The molecule has 7 nitrogen and oxygen atoms in total. The number of hydrogen-bond acceptors (Lipinski definition) is 5. The third-order valence-corrected chi connectivity index (χ3v) is 4.43. The summed E-state index contributed by atoms with van der Waals surface area (Å²) in [5.74, 6) is -1.06. The van der Waals surface area contributed by atoms with Gasteiger partial charge in [0.25, 0.3) is 5.91 Å². The maximum atomic E-state index is 12.5. The number of carbonyl (C=O) groups is 2. The van der Waals surface area contributed by atoms with E-state index in [1.807, 2.05) is 0 Å². The Morgan fingerprint density at radius 2 is 1.85 bits per heavy atom. The Hall–Kier alpha value is -2.58. The molecule has 2 rings (SSSR count). The van der Waals surface area contributed by atoms with E-state index in [4.69, 9.17) is 16.3 Å². The molecule has 0 aliphatic heterocycles. The Morgan fingerprint density at radius 3 is 2.48 bits per heavy atom. The summed E-state index contributed by atoms with van der Waals surface area (Å²) in [4.78, 5) is 24.4. The van der Waals surface area contributed by atoms with E-state index in [2.05, 4.69) is 10.0 Å². The maximum absolute atomic E-state index is 12.5. The molecule has 1 amide bonds. The van der Waals surface area contributed by atoms with Gasteiger partial charge in [-0.15, -0.1) is 0 Å². The van der Waals surface area contributed by atoms with Gasteiger partial charge < -0.3 is 10.1 Å². The fraction of sp³-hybridized carbons (Fsp3) is 0.222. The molecule has 9 heteroatoms. The Bertz CT molecular complexity index is 989. The molecule has 0 heterocycles. The van der Waals surface area contributed by atoms with Crippen molar-refractivity contribution in [1.29, 1.82) is 0 Å². The molecule has 0 saturated carbocycles. The van der Waals surface area contributed by atoms with E-state index >= 15 is 0 Å². The molecule has 0 spiro atoms. The molecule has 0 saturated heterocycles. The smallest absolute Gasteiger partial charge is 0.339 e. The van der Waals surface area contributed by atoms with Crippen LogP contribution >= 0.6 is 11.6 Å². The normalized spacial score (nSPS) is 11.0. The molecular formula is C18H19ClN2O5S. The van der Waals surface area contributed by atoms with Crippen molar-refractivity contribution in [3.63, 3.8) is 0 Å². The average Bonchev–Trinajstić information content (AvgIpc) is 2.57. The van der Waals surface area contributed by atoms with Gasteiger partial charge in [-0.2, -0.15) is 0 Å². The number of sulfonamides is 1. The lowest BCUT2D eigenvalue weighted by Gasteiger charge is -2.11. The molecule has 2 N–H and O–H groups in total. The number of anilines is 2. The lowest BCUT2D eigenvalue weighted by molar-refractivity contribution is 0.0526. The SMILES string of the molecule is CCOC(=O)c1cc(NC(=O)c2ccc(C)c(NS(C)(=O)=O)c2)ccc1Cl. The zero-order chi connectivity index (χ0) is 20.2. The maximum Gasteiger partial charge on any atom is 0.339 e. The van der Waals surface area contributed by atoms with Crippen LogP contribution in [-0.4, -0.2) is 33.2 Å². The molecule has 144 valence electrons. The molecule has 0 aliphatic rings. The highest BCUT2D eigenvalue weighted by Crippen LogP contribution is 2.23. The number of rotatable bonds is 6. The molecule has 0 atom stereocenters. The van der Waals surface area contributed by atoms with E-state index in [9.17, 15) is 18.0 Å². The average molecular weight is 411 g/mol. The highest BCUT2D eigenvalue weighted by Gasteiger charge is 2.15. The van der Waals surface area contributed by atoms with Crippen LogP contribution in [0.2, 0.25) is 5.02 Å². The van der Waals surface area contributed by atoms with E-state index in [1.54, 1.807) is 32.0 Å². The second kappa shape index (κ2) is 8.41. The Balaban J connectivity index is 2.26. The third-order valence-electron chi connectivity index (χ3n) is 3.51. The van der Waals surface area contributed by atoms with Crippen molar-refractivity contribution in [1.82, 2.24) is 0 Å². The molecule has 27 heavy (non-hydrogen) atoms. The first-order valence-electron chi connectivity index (χ1n) is 7.97. The van der Waals surface area contributed by atoms with Crippen LogP contribution in [0.3, 0.4) is 0 Å². The van der Waals surface area contributed by atoms with Crippen LogP contribution < -0.4 is 10.0 Å². The summed E-state index contributed by atoms with van der Waals surface area (Å²) < 4.78 is 30.2. The lowest BCUT2D eigenvalue weighted by atomic mass is 10.1. The molecule has 0 bridgehead atoms. The standard InChI is InChI=1S/C18H19ClN2O5S/c1-4-26-18(23)14-10-13(7-8-15(14)19)20-17(22)12-6-5-11(2)16(9-12)21-27(3,24)25/h5-10,21H,4H2,1-3H3,(H,20,22). The fourth-order valence-corrected chi connectivity index (χ4v) is 3.06. The number of nitrogens with one attached hydrogen (secondary N) is 2. The Morgan fingerprint density at radius 1 is 1.15 bits per heavy atom. The van der Waals surface area contributed by atoms with Crippen LogP contribution in [0.25, 0.3) is 0 Å². The Kier molecular flexibility index (Phi) is 6.45. The van der Waals surface area contributed by atoms with Crippen LogP contribution in [0.4, 0.5) is 11.4 Å². The van der Waals surface area contributed by atoms with Gasteiger partial charge >= 0.3 is 5.97 Å². The van der Waals surface area contributed by atoms with Gasteiger partial charge in [0.15, 0.2) is 0 Å². The van der Waals surface area contributed by atoms with Crippen LogP contribution in [0.1, 0.15) is 33.2 Å². The van der Waals surface area contributed by atoms with Crippen LogP contribution in [-0.2, 0) is 14.8 Å². The third kappa shape index (κ3) is 5.70. The predicted molar refractivity (Wildman–Crippen MR) is 105 cm³/mol. The van der Waals surface area contributed by atoms with Crippen LogP contribution in [0, 0.1) is 6.92 Å². The summed E-state index contributed by atoms with van der Waals surface area (Å²) in [7, 11) is -3.47. The summed E-state index contributed by atoms with van der Waals surface area (Å²) in [5.41, 5.74) is 1.73. The molecule has 2 aromatic rings. The van der Waals surface area contributed by atoms with Crippen molar-refractivity contribution in [2.24, 2.45) is 0 Å². The Labute approximate surface area is 162 Å². The summed E-state index contributed by atoms with van der Waals surface area (Å²) in [6.07, 6.45) is 1.03. The minimum absolute atomic E-state index is 0.139. The number of halogens is 1. The topological polar surface area (TPSA) is 102 Å². The van der Waals surface area contributed by atoms with E-state index in [-0.39, 0.29) is 22.8 Å². The highest BCUT2D eigenvalue weighted by atomic mass is 35.5. The zero-order valence-electron chi connectivity index (χ0n) is 15.0. The second-order valence-corrected chi connectivity index (χ2v) is 7.93. The number of amides is 1. The summed E-state index contributed by atoms with van der Waals surface area (Å²) >= 11 is 6.00. The molecule has 0 unspecified atom stereocenters. The molecule has 0 aromatic heterocycles. The first-order valence-corrected chi connectivity index (χ1v) is 10.2. The van der Waals surface area contributed by atoms with Crippen molar-refractivity contribution in [2.45, 2.75) is 13.8 Å². The summed E-state index contributed by atoms with van der Waals surface area (Å²) in [6.45, 7) is 3.60. The van der Waals surface area contributed by atoms with Crippen LogP contribution in [0.15, 0.2) is 36.4 Å². The van der Waals surface area contributed by atoms with E-state index in [0.717, 1.165) is 6.26 Å². The quantitative estimate of drug-likeness (QED) is 0.710. The molecular weight excluding hydrogens is 392 g/mol. The van der Waals surface area contributed by atoms with Gasteiger partial charge in [-0.1, -0.05) is 17.7 Å². The minimum Gasteiger partial charge on any atom is -0.462 e. The van der Waals surface area contributed by atoms with Gasteiger partial charge in [-0.3, -0.25) is 9.52 Å². The fourth-order valence-electron chi connectivity index (χ4n) is 2.24. The lowest BCUT2D eigenvalue weighted by Crippen LogP contribution is -2.15. The first-order chi connectivity index (χ1) is 12.6. The summed E-state index contributed by atoms with van der Waals surface area (Å²) in [5, 5.41) is 2.86. The monoisotopic (exact) mass is 410 g/mol. The van der Waals surface area contributed by atoms with Gasteiger partial charge in [0, 0.05) is 11.3 Å². The van der Waals surface area contributed by atoms with Crippen molar-refractivity contribution in [3.05, 3.63) is 58.1 Å². The molecule has 0 radical (unpaired) electrons. The highest BCUT2D eigenvalue weighted by molar-refractivity contribution is 7.92. The van der Waals surface area contributed by atoms with Gasteiger partial charge in [0.1, 0.15) is 0 Å². The predicted octanol–water partition coefficient (Wildman–Crippen LogP) is 3.45. The number of aryl methyl sites for hydroxylation is 1. The molecule has 2 aromatic carbocycles. The van der Waals surface area contributed by atoms with Gasteiger partial charge in [0.2, 0.25) is 10.0 Å². The van der Waals surface area contributed by atoms with Crippen molar-refractivity contribution in [2.75, 3.05) is 22.9 Å². The molecule has 0 aliphatic carbocycles. The zero-order valence-corrected chi connectivity index (χ0v) is 16.6. The van der Waals surface area contributed by atoms with Crippen molar-refractivity contribution >= 4 is 44.9 Å².